The van der Waals surface area contributed by atoms with Gasteiger partial charge in [0.2, 0.25) is 23.6 Å². The number of carbonyl (C=O) groups excluding carboxylic acids is 4. The van der Waals surface area contributed by atoms with Gasteiger partial charge < -0.3 is 15.2 Å². The number of aliphatic imine (C=N–C) groups is 1. The van der Waals surface area contributed by atoms with Gasteiger partial charge in [0.05, 0.1) is 12.1 Å². The Balaban J connectivity index is 0.816. The highest BCUT2D eigenvalue weighted by molar-refractivity contribution is 7.15. The summed E-state index contributed by atoms with van der Waals surface area (Å²) in [5.41, 5.74) is 4.55. The number of rotatable bonds is 16. The first-order valence-corrected chi connectivity index (χ1v) is 22.1. The van der Waals surface area contributed by atoms with Crippen LogP contribution in [0.3, 0.4) is 0 Å². The zero-order valence-electron chi connectivity index (χ0n) is 34.3. The van der Waals surface area contributed by atoms with Gasteiger partial charge in [-0.05, 0) is 93.7 Å². The average Bonchev–Trinajstić information content (AvgIpc) is 3.64. The normalized spacial score (nSPS) is 16.4. The number of nitrogens with one attached hydrogen (secondary N) is 3. The van der Waals surface area contributed by atoms with Crippen LogP contribution in [0.1, 0.15) is 121 Å². The van der Waals surface area contributed by atoms with Gasteiger partial charge in [-0.15, -0.1) is 21.5 Å². The van der Waals surface area contributed by atoms with Crippen LogP contribution in [0.5, 0.6) is 0 Å². The Labute approximate surface area is 358 Å². The molecule has 15 heteroatoms. The van der Waals surface area contributed by atoms with Gasteiger partial charge in [0, 0.05) is 58.5 Å². The van der Waals surface area contributed by atoms with Crippen LogP contribution < -0.4 is 21.5 Å². The summed E-state index contributed by atoms with van der Waals surface area (Å²) in [7, 11) is 0. The summed E-state index contributed by atoms with van der Waals surface area (Å²) in [5.74, 6) is 0.522. The monoisotopic (exact) mass is 850 g/mol. The van der Waals surface area contributed by atoms with E-state index in [0.717, 1.165) is 82.7 Å². The maximum absolute atomic E-state index is 13.4. The summed E-state index contributed by atoms with van der Waals surface area (Å²) in [6.07, 6.45) is 9.58. The number of aromatic nitrogens is 4. The van der Waals surface area contributed by atoms with E-state index in [4.69, 9.17) is 16.6 Å². The van der Waals surface area contributed by atoms with Gasteiger partial charge in [0.15, 0.2) is 5.82 Å². The summed E-state index contributed by atoms with van der Waals surface area (Å²) in [5, 5.41) is 20.3. The third-order valence-corrected chi connectivity index (χ3v) is 12.9. The minimum Gasteiger partial charge on any atom is -0.356 e. The molecule has 13 nitrogen and oxygen atoms in total. The van der Waals surface area contributed by atoms with Crippen molar-refractivity contribution in [2.75, 3.05) is 13.1 Å². The third-order valence-electron chi connectivity index (χ3n) is 11.5. The molecule has 3 aromatic heterocycles. The maximum atomic E-state index is 13.4. The molecule has 0 bridgehead atoms. The van der Waals surface area contributed by atoms with Crippen molar-refractivity contribution in [1.29, 1.82) is 0 Å². The molecular formula is C45H51ClN8O5S. The van der Waals surface area contributed by atoms with E-state index in [1.165, 1.54) is 9.44 Å². The Hall–Kier alpha value is -5.47. The van der Waals surface area contributed by atoms with Crippen LogP contribution in [0.15, 0.2) is 64.5 Å². The lowest BCUT2D eigenvalue weighted by molar-refractivity contribution is -0.131. The molecule has 1 unspecified atom stereocenters. The average molecular weight is 851 g/mol. The topological polar surface area (TPSA) is 169 Å². The molecule has 0 aliphatic carbocycles. The van der Waals surface area contributed by atoms with Crippen molar-refractivity contribution in [1.82, 2.24) is 35.3 Å². The summed E-state index contributed by atoms with van der Waals surface area (Å²) < 4.78 is 3.46. The summed E-state index contributed by atoms with van der Waals surface area (Å²) >= 11 is 7.91. The molecule has 2 aliphatic rings. The van der Waals surface area contributed by atoms with E-state index < -0.39 is 18.0 Å². The van der Waals surface area contributed by atoms with Crippen LogP contribution in [-0.4, -0.2) is 61.8 Å². The zero-order chi connectivity index (χ0) is 42.3. The molecule has 0 radical (unpaired) electrons. The molecule has 7 rings (SSSR count). The number of aryl methyl sites for hydroxylation is 3. The Kier molecular flexibility index (Phi) is 13.7. The summed E-state index contributed by atoms with van der Waals surface area (Å²) in [6.45, 7) is 7.32. The first kappa shape index (κ1) is 42.6. The van der Waals surface area contributed by atoms with Gasteiger partial charge in [0.25, 0.3) is 5.56 Å². The van der Waals surface area contributed by atoms with Crippen molar-refractivity contribution in [3.05, 3.63) is 109 Å². The number of unbranched alkanes of at least 4 members (excludes halogenated alkanes) is 5. The largest absolute Gasteiger partial charge is 0.356 e. The van der Waals surface area contributed by atoms with Crippen LogP contribution in [0.2, 0.25) is 5.02 Å². The molecule has 314 valence electrons. The highest BCUT2D eigenvalue weighted by Gasteiger charge is 2.32. The minimum absolute atomic E-state index is 0.0386. The number of hydrogen-bond donors (Lipinski definition) is 3. The number of hydrogen-bond acceptors (Lipinski definition) is 9. The van der Waals surface area contributed by atoms with Crippen molar-refractivity contribution in [2.45, 2.75) is 110 Å². The number of carbonyl (C=O) groups is 4. The fraction of sp³-hybridized carbons (Fsp3) is 0.422. The number of thiophene rings is 1. The molecule has 5 aromatic rings. The van der Waals surface area contributed by atoms with Crippen LogP contribution in [-0.2, 0) is 25.6 Å². The highest BCUT2D eigenvalue weighted by atomic mass is 35.5. The zero-order valence-corrected chi connectivity index (χ0v) is 35.9. The number of nitrogens with zero attached hydrogens (tertiary/aromatic N) is 5. The highest BCUT2D eigenvalue weighted by Crippen LogP contribution is 2.39. The molecule has 1 fully saturated rings. The second-order valence-electron chi connectivity index (χ2n) is 15.7. The van der Waals surface area contributed by atoms with E-state index in [1.807, 2.05) is 43.3 Å². The summed E-state index contributed by atoms with van der Waals surface area (Å²) in [6, 6.07) is 13.7. The Morgan fingerprint density at radius 3 is 2.35 bits per heavy atom. The third kappa shape index (κ3) is 9.60. The predicted octanol–water partition coefficient (Wildman–Crippen LogP) is 7.08. The lowest BCUT2D eigenvalue weighted by Gasteiger charge is -2.17. The quantitative estimate of drug-likeness (QED) is 0.0704. The number of amides is 4. The van der Waals surface area contributed by atoms with Gasteiger partial charge in [-0.2, -0.15) is 0 Å². The molecule has 2 aromatic carbocycles. The van der Waals surface area contributed by atoms with Gasteiger partial charge in [-0.25, -0.2) is 0 Å². The van der Waals surface area contributed by atoms with Crippen molar-refractivity contribution >= 4 is 63.1 Å². The number of halogens is 1. The maximum Gasteiger partial charge on any atom is 0.259 e. The molecule has 0 spiro atoms. The fourth-order valence-electron chi connectivity index (χ4n) is 8.09. The van der Waals surface area contributed by atoms with Gasteiger partial charge in [-0.1, -0.05) is 61.5 Å². The second-order valence-corrected chi connectivity index (χ2v) is 17.3. The van der Waals surface area contributed by atoms with Gasteiger partial charge >= 0.3 is 0 Å². The van der Waals surface area contributed by atoms with E-state index in [0.29, 0.717) is 55.0 Å². The number of pyridine rings is 1. The molecule has 1 saturated heterocycles. The molecule has 5 heterocycles. The van der Waals surface area contributed by atoms with Crippen molar-refractivity contribution < 1.29 is 19.2 Å². The number of fused-ring (bicyclic) bond motifs is 4. The molecule has 2 aliphatic heterocycles. The van der Waals surface area contributed by atoms with E-state index in [1.54, 1.807) is 29.7 Å². The first-order chi connectivity index (χ1) is 29.0. The smallest absolute Gasteiger partial charge is 0.259 e. The van der Waals surface area contributed by atoms with Crippen molar-refractivity contribution in [3.63, 3.8) is 0 Å². The molecular weight excluding hydrogens is 800 g/mol. The van der Waals surface area contributed by atoms with Crippen LogP contribution >= 0.6 is 22.9 Å². The predicted molar refractivity (Wildman–Crippen MR) is 234 cm³/mol. The Morgan fingerprint density at radius 1 is 0.883 bits per heavy atom. The van der Waals surface area contributed by atoms with E-state index in [-0.39, 0.29) is 36.1 Å². The number of imide groups is 1. The molecule has 2 atom stereocenters. The molecule has 3 N–H and O–H groups in total. The summed E-state index contributed by atoms with van der Waals surface area (Å²) in [4.78, 5) is 70.1. The standard InChI is InChI=1S/C45H51ClN8O5S/c1-27-28(2)60-45-40(27)41(31-16-19-32(46)20-17-31)49-35(42-52-51-29(3)54(42)45)26-39(57)48-24-9-7-5-4-6-8-23-47-37(55)21-18-30-12-10-13-34-33(30)22-25-53(44(34)59)36-14-11-15-38(56)50-43(36)58/h10,12-13,16-17,19-20,22,25,35-36H,4-9,11,14-15,18,21,23-24,26H2,1-3H3,(H,47,55)(H,48,57)(H,50,56,58)/t35-,36?/m0/s1. The molecule has 4 amide bonds. The lowest BCUT2D eigenvalue weighted by Crippen LogP contribution is -2.37. The van der Waals surface area contributed by atoms with E-state index in [9.17, 15) is 24.0 Å². The second kappa shape index (κ2) is 19.3. The molecule has 0 saturated carbocycles. The van der Waals surface area contributed by atoms with E-state index >= 15 is 0 Å². The van der Waals surface area contributed by atoms with Crippen molar-refractivity contribution in [3.8, 4) is 5.00 Å². The SMILES string of the molecule is Cc1sc2c(c1C)C(c1ccc(Cl)cc1)=N[C@@H](CC(=O)NCCCCCCCCNC(=O)CCc1cccc3c(=O)n(C4CCCC(=O)NC4=O)ccc13)c1nnc(C)n1-2. The number of benzene rings is 2. The van der Waals surface area contributed by atoms with Crippen LogP contribution in [0.4, 0.5) is 0 Å². The van der Waals surface area contributed by atoms with Crippen LogP contribution in [0, 0.1) is 20.8 Å². The van der Waals surface area contributed by atoms with Crippen molar-refractivity contribution in [2.24, 2.45) is 4.99 Å². The van der Waals surface area contributed by atoms with Gasteiger partial charge in [-0.3, -0.25) is 38.8 Å². The van der Waals surface area contributed by atoms with Gasteiger partial charge in [0.1, 0.15) is 22.9 Å². The van der Waals surface area contributed by atoms with E-state index in [2.05, 4.69) is 44.6 Å². The Bertz CT molecular complexity index is 2500. The minimum atomic E-state index is -0.731. The van der Waals surface area contributed by atoms with Crippen LogP contribution in [0.25, 0.3) is 15.8 Å². The fourth-order valence-corrected chi connectivity index (χ4v) is 9.43. The lowest BCUT2D eigenvalue weighted by atomic mass is 9.99. The Morgan fingerprint density at radius 2 is 1.60 bits per heavy atom. The molecule has 60 heavy (non-hydrogen) atoms. The first-order valence-electron chi connectivity index (χ1n) is 20.9.